The van der Waals surface area contributed by atoms with E-state index in [4.69, 9.17) is 4.74 Å². The summed E-state index contributed by atoms with van der Waals surface area (Å²) in [6.45, 7) is 3.11. The topological polar surface area (TPSA) is 12.5 Å². The molecular formula is C24H26O. The summed E-state index contributed by atoms with van der Waals surface area (Å²) >= 11 is 0. The van der Waals surface area contributed by atoms with Gasteiger partial charge in [0, 0.05) is 11.1 Å². The number of aryl methyl sites for hydroxylation is 1. The van der Waals surface area contributed by atoms with Crippen molar-refractivity contribution in [3.05, 3.63) is 70.8 Å². The van der Waals surface area contributed by atoms with Gasteiger partial charge in [-0.2, -0.15) is 0 Å². The zero-order chi connectivity index (χ0) is 17.1. The predicted molar refractivity (Wildman–Crippen MR) is 103 cm³/mol. The van der Waals surface area contributed by atoms with Gasteiger partial charge in [0.15, 0.2) is 0 Å². The molecule has 1 heteroatoms. The van der Waals surface area contributed by atoms with Crippen LogP contribution in [0.15, 0.2) is 48.5 Å². The van der Waals surface area contributed by atoms with E-state index >= 15 is 0 Å². The number of epoxide rings is 1. The molecule has 1 aliphatic carbocycles. The normalized spacial score (nSPS) is 25.1. The molecule has 0 bridgehead atoms. The fourth-order valence-electron chi connectivity index (χ4n) is 3.93. The standard InChI is InChI=1S/C24H26O/c1-18-2-4-19(5-3-18)6-7-20-8-12-22(13-9-20)23-14-10-21(11-15-23)16-24-17-25-24/h2-5,8-9,12-13,21,23-24H,10-11,14-17H2,1H3. The van der Waals surface area contributed by atoms with Gasteiger partial charge in [-0.05, 0) is 80.7 Å². The zero-order valence-electron chi connectivity index (χ0n) is 15.0. The number of hydrogen-bond donors (Lipinski definition) is 0. The molecule has 2 fully saturated rings. The molecule has 0 spiro atoms. The molecule has 25 heavy (non-hydrogen) atoms. The Balaban J connectivity index is 1.35. The third kappa shape index (κ3) is 4.53. The SMILES string of the molecule is Cc1ccc(C#Cc2ccc(C3CCC(CC4CO4)CC3)cc2)cc1. The Morgan fingerprint density at radius 3 is 1.96 bits per heavy atom. The molecule has 1 heterocycles. The first kappa shape index (κ1) is 16.4. The second-order valence-corrected chi connectivity index (χ2v) is 7.65. The van der Waals surface area contributed by atoms with Crippen molar-refractivity contribution in [3.8, 4) is 11.8 Å². The molecule has 0 aromatic heterocycles. The third-order valence-corrected chi connectivity index (χ3v) is 5.63. The van der Waals surface area contributed by atoms with Crippen LogP contribution >= 0.6 is 0 Å². The first-order valence-corrected chi connectivity index (χ1v) is 9.56. The van der Waals surface area contributed by atoms with Crippen molar-refractivity contribution >= 4 is 0 Å². The van der Waals surface area contributed by atoms with E-state index in [0.29, 0.717) is 6.10 Å². The van der Waals surface area contributed by atoms with Gasteiger partial charge in [-0.25, -0.2) is 0 Å². The average molecular weight is 330 g/mol. The maximum Gasteiger partial charge on any atom is 0.0812 e. The van der Waals surface area contributed by atoms with Gasteiger partial charge in [-0.3, -0.25) is 0 Å². The molecule has 2 aliphatic rings. The van der Waals surface area contributed by atoms with Crippen molar-refractivity contribution in [1.82, 2.24) is 0 Å². The van der Waals surface area contributed by atoms with E-state index < -0.39 is 0 Å². The minimum absolute atomic E-state index is 0.591. The average Bonchev–Trinajstić information content (AvgIpc) is 3.46. The van der Waals surface area contributed by atoms with Crippen molar-refractivity contribution in [2.24, 2.45) is 5.92 Å². The summed E-state index contributed by atoms with van der Waals surface area (Å²) in [5.74, 6) is 8.16. The van der Waals surface area contributed by atoms with Crippen molar-refractivity contribution < 1.29 is 4.74 Å². The molecule has 2 aromatic rings. The smallest absolute Gasteiger partial charge is 0.0812 e. The molecule has 0 amide bonds. The van der Waals surface area contributed by atoms with Crippen LogP contribution in [0.5, 0.6) is 0 Å². The molecule has 1 saturated carbocycles. The van der Waals surface area contributed by atoms with Crippen LogP contribution in [-0.2, 0) is 4.74 Å². The van der Waals surface area contributed by atoms with E-state index in [9.17, 15) is 0 Å². The second-order valence-electron chi connectivity index (χ2n) is 7.65. The summed E-state index contributed by atoms with van der Waals surface area (Å²) in [5.41, 5.74) is 4.94. The molecular weight excluding hydrogens is 304 g/mol. The molecule has 2 aromatic carbocycles. The molecule has 0 N–H and O–H groups in total. The summed E-state index contributed by atoms with van der Waals surface area (Å²) in [5, 5.41) is 0. The summed E-state index contributed by atoms with van der Waals surface area (Å²) in [6.07, 6.45) is 7.25. The van der Waals surface area contributed by atoms with Gasteiger partial charge in [0.2, 0.25) is 0 Å². The lowest BCUT2D eigenvalue weighted by atomic mass is 9.77. The van der Waals surface area contributed by atoms with Gasteiger partial charge in [0.25, 0.3) is 0 Å². The Morgan fingerprint density at radius 2 is 1.40 bits per heavy atom. The van der Waals surface area contributed by atoms with E-state index in [1.165, 1.54) is 43.2 Å². The first-order valence-electron chi connectivity index (χ1n) is 9.56. The monoisotopic (exact) mass is 330 g/mol. The van der Waals surface area contributed by atoms with Crippen LogP contribution in [0, 0.1) is 24.7 Å². The van der Waals surface area contributed by atoms with Crippen LogP contribution < -0.4 is 0 Å². The lowest BCUT2D eigenvalue weighted by molar-refractivity contribution is 0.276. The maximum atomic E-state index is 5.38. The first-order chi connectivity index (χ1) is 12.3. The quantitative estimate of drug-likeness (QED) is 0.538. The fraction of sp³-hybridized carbons (Fsp3) is 0.417. The van der Waals surface area contributed by atoms with Gasteiger partial charge in [-0.15, -0.1) is 0 Å². The minimum atomic E-state index is 0.591. The van der Waals surface area contributed by atoms with Gasteiger partial charge in [0.05, 0.1) is 12.7 Å². The highest BCUT2D eigenvalue weighted by Gasteiger charge is 2.29. The molecule has 1 aliphatic heterocycles. The summed E-state index contributed by atoms with van der Waals surface area (Å²) in [4.78, 5) is 0. The van der Waals surface area contributed by atoms with E-state index in [2.05, 4.69) is 67.3 Å². The van der Waals surface area contributed by atoms with Gasteiger partial charge in [0.1, 0.15) is 0 Å². The minimum Gasteiger partial charge on any atom is -0.373 e. The largest absolute Gasteiger partial charge is 0.373 e. The molecule has 1 nitrogen and oxygen atoms in total. The number of ether oxygens (including phenoxy) is 1. The Hall–Kier alpha value is -2.04. The lowest BCUT2D eigenvalue weighted by Crippen LogP contribution is -2.14. The Morgan fingerprint density at radius 1 is 0.840 bits per heavy atom. The van der Waals surface area contributed by atoms with Crippen LogP contribution in [0.2, 0.25) is 0 Å². The Labute approximate surface area is 151 Å². The lowest BCUT2D eigenvalue weighted by Gasteiger charge is -2.28. The summed E-state index contributed by atoms with van der Waals surface area (Å²) < 4.78 is 5.38. The van der Waals surface area contributed by atoms with Crippen molar-refractivity contribution in [3.63, 3.8) is 0 Å². The zero-order valence-corrected chi connectivity index (χ0v) is 15.0. The Kier molecular flexibility index (Phi) is 4.90. The van der Waals surface area contributed by atoms with Crippen LogP contribution in [0.3, 0.4) is 0 Å². The number of rotatable bonds is 3. The van der Waals surface area contributed by atoms with E-state index in [1.54, 1.807) is 0 Å². The number of hydrogen-bond acceptors (Lipinski definition) is 1. The molecule has 0 radical (unpaired) electrons. The van der Waals surface area contributed by atoms with Crippen molar-refractivity contribution in [2.45, 2.75) is 51.0 Å². The highest BCUT2D eigenvalue weighted by atomic mass is 16.6. The van der Waals surface area contributed by atoms with E-state index in [0.717, 1.165) is 29.6 Å². The second kappa shape index (κ2) is 7.46. The Bertz CT molecular complexity index is 748. The maximum absolute atomic E-state index is 5.38. The van der Waals surface area contributed by atoms with Crippen molar-refractivity contribution in [1.29, 1.82) is 0 Å². The highest BCUT2D eigenvalue weighted by Crippen LogP contribution is 2.38. The number of benzene rings is 2. The highest BCUT2D eigenvalue weighted by molar-refractivity contribution is 5.44. The van der Waals surface area contributed by atoms with E-state index in [1.807, 2.05) is 0 Å². The molecule has 4 rings (SSSR count). The van der Waals surface area contributed by atoms with E-state index in [-0.39, 0.29) is 0 Å². The van der Waals surface area contributed by atoms with Crippen LogP contribution in [0.25, 0.3) is 0 Å². The third-order valence-electron chi connectivity index (χ3n) is 5.63. The van der Waals surface area contributed by atoms with Crippen LogP contribution in [0.4, 0.5) is 0 Å². The molecule has 128 valence electrons. The van der Waals surface area contributed by atoms with Gasteiger partial charge < -0.3 is 4.74 Å². The molecule has 1 atom stereocenters. The summed E-state index contributed by atoms with van der Waals surface area (Å²) in [7, 11) is 0. The van der Waals surface area contributed by atoms with Crippen LogP contribution in [-0.4, -0.2) is 12.7 Å². The fourth-order valence-corrected chi connectivity index (χ4v) is 3.93. The molecule has 1 unspecified atom stereocenters. The van der Waals surface area contributed by atoms with Gasteiger partial charge in [-0.1, -0.05) is 41.7 Å². The van der Waals surface area contributed by atoms with Gasteiger partial charge >= 0.3 is 0 Å². The predicted octanol–water partition coefficient (Wildman–Crippen LogP) is 5.46. The van der Waals surface area contributed by atoms with Crippen LogP contribution in [0.1, 0.15) is 60.3 Å². The summed E-state index contributed by atoms with van der Waals surface area (Å²) in [6, 6.07) is 17.3. The van der Waals surface area contributed by atoms with Crippen molar-refractivity contribution in [2.75, 3.05) is 6.61 Å². The molecule has 1 saturated heterocycles.